The van der Waals surface area contributed by atoms with Crippen molar-refractivity contribution in [1.29, 1.82) is 0 Å². The van der Waals surface area contributed by atoms with E-state index >= 15 is 0 Å². The first-order chi connectivity index (χ1) is 12.3. The van der Waals surface area contributed by atoms with Crippen molar-refractivity contribution in [2.75, 3.05) is 18.5 Å². The molecule has 0 spiro atoms. The van der Waals surface area contributed by atoms with Crippen molar-refractivity contribution >= 4 is 7.92 Å². The summed E-state index contributed by atoms with van der Waals surface area (Å²) in [6.45, 7) is 6.96. The Morgan fingerprint density at radius 3 is 0.846 bits per heavy atom. The molecule has 0 rings (SSSR count). The topological polar surface area (TPSA) is 35.0 Å². The molecule has 0 aromatic rings. The maximum absolute atomic E-state index is 2.32. The smallest absolute Gasteiger partial charge is 0.0326 e. The third kappa shape index (κ3) is 22.4. The monoisotopic (exact) mass is 387 g/mol. The third-order valence-electron chi connectivity index (χ3n) is 5.48. The zero-order valence-electron chi connectivity index (χ0n) is 19.0. The lowest BCUT2D eigenvalue weighted by molar-refractivity contribution is 0.617. The molecule has 0 atom stereocenters. The molecule has 2 heteroatoms. The fraction of sp³-hybridized carbons (Fsp3) is 1.00. The SMILES string of the molecule is CCCCCCCCP(CCCCCCCC)CCCCCCCC.N. The lowest BCUT2D eigenvalue weighted by Gasteiger charge is -2.18. The Morgan fingerprint density at radius 1 is 0.346 bits per heavy atom. The van der Waals surface area contributed by atoms with Crippen molar-refractivity contribution in [2.24, 2.45) is 0 Å². The van der Waals surface area contributed by atoms with E-state index in [1.807, 2.05) is 0 Å². The summed E-state index contributed by atoms with van der Waals surface area (Å²) in [5, 5.41) is 0. The van der Waals surface area contributed by atoms with Crippen molar-refractivity contribution < 1.29 is 0 Å². The fourth-order valence-corrected chi connectivity index (χ4v) is 6.37. The van der Waals surface area contributed by atoms with Crippen molar-refractivity contribution in [2.45, 2.75) is 136 Å². The van der Waals surface area contributed by atoms with Crippen LogP contribution in [0.2, 0.25) is 0 Å². The Morgan fingerprint density at radius 2 is 0.577 bits per heavy atom. The molecular weight excluding hydrogens is 333 g/mol. The van der Waals surface area contributed by atoms with Crippen LogP contribution >= 0.6 is 7.92 Å². The predicted octanol–water partition coefficient (Wildman–Crippen LogP) is 9.71. The molecule has 0 saturated carbocycles. The fourth-order valence-electron chi connectivity index (χ4n) is 3.68. The first kappa shape index (κ1) is 28.6. The normalized spacial score (nSPS) is 11.1. The Bertz CT molecular complexity index is 194. The van der Waals surface area contributed by atoms with Crippen LogP contribution < -0.4 is 6.15 Å². The quantitative estimate of drug-likeness (QED) is 0.154. The maximum Gasteiger partial charge on any atom is -0.0326 e. The molecule has 3 N–H and O–H groups in total. The second-order valence-electron chi connectivity index (χ2n) is 8.14. The molecule has 0 unspecified atom stereocenters. The van der Waals surface area contributed by atoms with E-state index in [2.05, 4.69) is 20.8 Å². The highest BCUT2D eigenvalue weighted by Gasteiger charge is 2.07. The van der Waals surface area contributed by atoms with Crippen molar-refractivity contribution in [3.8, 4) is 0 Å². The summed E-state index contributed by atoms with van der Waals surface area (Å²) in [7, 11) is 0.366. The van der Waals surface area contributed by atoms with Gasteiger partial charge in [0.15, 0.2) is 0 Å². The summed E-state index contributed by atoms with van der Waals surface area (Å²) in [6.07, 6.45) is 31.2. The van der Waals surface area contributed by atoms with Crippen LogP contribution in [0.5, 0.6) is 0 Å². The minimum absolute atomic E-state index is 0. The molecule has 0 aromatic heterocycles. The van der Waals surface area contributed by atoms with Crippen LogP contribution in [0.25, 0.3) is 0 Å². The van der Waals surface area contributed by atoms with E-state index < -0.39 is 0 Å². The van der Waals surface area contributed by atoms with Gasteiger partial charge in [-0.05, 0) is 37.7 Å². The average Bonchev–Trinajstić information content (AvgIpc) is 2.63. The highest BCUT2D eigenvalue weighted by atomic mass is 31.1. The summed E-state index contributed by atoms with van der Waals surface area (Å²) in [5.41, 5.74) is 0. The lowest BCUT2D eigenvalue weighted by Crippen LogP contribution is -1.97. The standard InChI is InChI=1S/C24H51P.H3N/c1-4-7-10-13-16-19-22-25(23-20-17-14-11-8-5-2)24-21-18-15-12-9-6-3;/h4-24H2,1-3H3;1H3. The van der Waals surface area contributed by atoms with Crippen LogP contribution in [0.1, 0.15) is 136 Å². The summed E-state index contributed by atoms with van der Waals surface area (Å²) in [6, 6.07) is 0. The molecule has 1 nitrogen and oxygen atoms in total. The highest BCUT2D eigenvalue weighted by molar-refractivity contribution is 7.57. The van der Waals surface area contributed by atoms with Gasteiger partial charge >= 0.3 is 0 Å². The Kier molecular flexibility index (Phi) is 27.9. The molecule has 0 aliphatic heterocycles. The van der Waals surface area contributed by atoms with Gasteiger partial charge < -0.3 is 6.15 Å². The maximum atomic E-state index is 2.32. The first-order valence-corrected chi connectivity index (χ1v) is 14.0. The van der Waals surface area contributed by atoms with Crippen LogP contribution in [-0.4, -0.2) is 18.5 Å². The van der Waals surface area contributed by atoms with E-state index in [1.54, 1.807) is 18.5 Å². The largest absolute Gasteiger partial charge is 0.344 e. The minimum atomic E-state index is 0. The number of hydrogen-bond donors (Lipinski definition) is 1. The zero-order valence-corrected chi connectivity index (χ0v) is 19.9. The first-order valence-electron chi connectivity index (χ1n) is 12.1. The predicted molar refractivity (Wildman–Crippen MR) is 127 cm³/mol. The lowest BCUT2D eigenvalue weighted by atomic mass is 10.1. The molecule has 0 aliphatic rings. The second kappa shape index (κ2) is 25.4. The van der Waals surface area contributed by atoms with Crippen molar-refractivity contribution in [3.05, 3.63) is 0 Å². The van der Waals surface area contributed by atoms with E-state index in [1.165, 1.54) is 116 Å². The van der Waals surface area contributed by atoms with Gasteiger partial charge in [0.05, 0.1) is 0 Å². The summed E-state index contributed by atoms with van der Waals surface area (Å²) in [5.74, 6) is 0. The van der Waals surface area contributed by atoms with Crippen LogP contribution in [0, 0.1) is 0 Å². The zero-order chi connectivity index (χ0) is 18.4. The van der Waals surface area contributed by atoms with Gasteiger partial charge in [0.25, 0.3) is 0 Å². The summed E-state index contributed by atoms with van der Waals surface area (Å²) < 4.78 is 0. The average molecular weight is 388 g/mol. The molecule has 0 aromatic carbocycles. The summed E-state index contributed by atoms with van der Waals surface area (Å²) in [4.78, 5) is 0. The van der Waals surface area contributed by atoms with E-state index in [0.29, 0.717) is 7.92 Å². The van der Waals surface area contributed by atoms with Crippen LogP contribution in [0.4, 0.5) is 0 Å². The molecule has 160 valence electrons. The van der Waals surface area contributed by atoms with Gasteiger partial charge in [-0.2, -0.15) is 0 Å². The Balaban J connectivity index is 0. The van der Waals surface area contributed by atoms with Gasteiger partial charge in [-0.3, -0.25) is 0 Å². The number of unbranched alkanes of at least 4 members (excludes halogenated alkanes) is 15. The highest BCUT2D eigenvalue weighted by Crippen LogP contribution is 2.39. The third-order valence-corrected chi connectivity index (χ3v) is 8.33. The molecular formula is C24H54NP. The molecule has 0 fully saturated rings. The van der Waals surface area contributed by atoms with Gasteiger partial charge in [-0.25, -0.2) is 0 Å². The second-order valence-corrected chi connectivity index (χ2v) is 10.8. The molecule has 0 amide bonds. The van der Waals surface area contributed by atoms with Gasteiger partial charge in [-0.15, -0.1) is 7.92 Å². The van der Waals surface area contributed by atoms with Crippen LogP contribution in [-0.2, 0) is 0 Å². The van der Waals surface area contributed by atoms with Crippen LogP contribution in [0.3, 0.4) is 0 Å². The van der Waals surface area contributed by atoms with Crippen molar-refractivity contribution in [3.63, 3.8) is 0 Å². The molecule has 26 heavy (non-hydrogen) atoms. The summed E-state index contributed by atoms with van der Waals surface area (Å²) >= 11 is 0. The van der Waals surface area contributed by atoms with Gasteiger partial charge in [-0.1, -0.05) is 117 Å². The molecule has 0 radical (unpaired) electrons. The van der Waals surface area contributed by atoms with E-state index in [9.17, 15) is 0 Å². The molecule has 0 heterocycles. The minimum Gasteiger partial charge on any atom is -0.344 e. The molecule has 0 saturated heterocycles. The Hall–Kier alpha value is 0.390. The van der Waals surface area contributed by atoms with Gasteiger partial charge in [0.1, 0.15) is 0 Å². The van der Waals surface area contributed by atoms with Crippen LogP contribution in [0.15, 0.2) is 0 Å². The van der Waals surface area contributed by atoms with Crippen molar-refractivity contribution in [1.82, 2.24) is 6.15 Å². The van der Waals surface area contributed by atoms with E-state index in [4.69, 9.17) is 0 Å². The number of rotatable bonds is 21. The molecule has 0 aliphatic carbocycles. The Labute approximate surface area is 169 Å². The molecule has 0 bridgehead atoms. The van der Waals surface area contributed by atoms with Gasteiger partial charge in [0, 0.05) is 0 Å². The van der Waals surface area contributed by atoms with Gasteiger partial charge in [0.2, 0.25) is 0 Å². The van der Waals surface area contributed by atoms with E-state index in [-0.39, 0.29) is 6.15 Å². The van der Waals surface area contributed by atoms with E-state index in [0.717, 1.165) is 0 Å². The number of hydrogen-bond acceptors (Lipinski definition) is 1.